The number of sulfone groups is 1. The van der Waals surface area contributed by atoms with Gasteiger partial charge in [-0.3, -0.25) is 0 Å². The summed E-state index contributed by atoms with van der Waals surface area (Å²) >= 11 is 0. The van der Waals surface area contributed by atoms with E-state index < -0.39 is 31.2 Å². The van der Waals surface area contributed by atoms with Crippen LogP contribution >= 0.6 is 0 Å². The second-order valence-corrected chi connectivity index (χ2v) is 8.15. The first-order valence-corrected chi connectivity index (χ1v) is 8.25. The van der Waals surface area contributed by atoms with Crippen LogP contribution in [0, 0.1) is 11.3 Å². The van der Waals surface area contributed by atoms with Crippen LogP contribution in [0.1, 0.15) is 19.8 Å². The molecule has 0 aliphatic carbocycles. The minimum atomic E-state index is -3.74. The van der Waals surface area contributed by atoms with Gasteiger partial charge in [0, 0.05) is 6.04 Å². The molecule has 0 amide bonds. The van der Waals surface area contributed by atoms with Crippen molar-refractivity contribution in [3.05, 3.63) is 0 Å². The zero-order valence-electron chi connectivity index (χ0n) is 8.88. The number of rotatable bonds is 3. The highest BCUT2D eigenvalue weighted by atomic mass is 32.2. The Bertz CT molecular complexity index is 489. The van der Waals surface area contributed by atoms with E-state index in [4.69, 9.17) is 5.26 Å². The Hall–Kier alpha value is -0.650. The highest BCUT2D eigenvalue weighted by molar-refractivity contribution is 7.92. The average Bonchev–Trinajstić information content (AvgIpc) is 2.14. The van der Waals surface area contributed by atoms with Crippen molar-refractivity contribution in [3.63, 3.8) is 0 Å². The fourth-order valence-electron chi connectivity index (χ4n) is 1.52. The summed E-state index contributed by atoms with van der Waals surface area (Å²) in [6.45, 7) is 1.26. The molecule has 1 rings (SSSR count). The maximum absolute atomic E-state index is 11.5. The van der Waals surface area contributed by atoms with Crippen LogP contribution in [-0.2, 0) is 19.9 Å². The van der Waals surface area contributed by atoms with Crippen molar-refractivity contribution in [1.29, 1.82) is 5.26 Å². The van der Waals surface area contributed by atoms with Gasteiger partial charge in [-0.1, -0.05) is 0 Å². The van der Waals surface area contributed by atoms with Crippen LogP contribution in [0.25, 0.3) is 0 Å². The lowest BCUT2D eigenvalue weighted by Crippen LogP contribution is -2.45. The molecule has 2 unspecified atom stereocenters. The van der Waals surface area contributed by atoms with Crippen molar-refractivity contribution in [2.45, 2.75) is 31.1 Å². The molecule has 1 saturated heterocycles. The number of sulfonamides is 1. The lowest BCUT2D eigenvalue weighted by molar-refractivity contribution is 0.515. The molecule has 92 valence electrons. The molecule has 8 heteroatoms. The zero-order chi connectivity index (χ0) is 12.4. The zero-order valence-corrected chi connectivity index (χ0v) is 10.5. The molecule has 0 aromatic rings. The van der Waals surface area contributed by atoms with E-state index in [1.54, 1.807) is 6.07 Å². The molecule has 0 spiro atoms. The standard InChI is InChI=1S/C8H14N2O4S2/c1-7(5-9)16(13,14)10-8-3-2-4-15(11,12)6-8/h7-8,10H,2-4,6H2,1H3. The molecule has 1 fully saturated rings. The van der Waals surface area contributed by atoms with Crippen molar-refractivity contribution in [3.8, 4) is 6.07 Å². The summed E-state index contributed by atoms with van der Waals surface area (Å²) in [6.07, 6.45) is 0.951. The van der Waals surface area contributed by atoms with E-state index in [2.05, 4.69) is 4.72 Å². The molecule has 1 heterocycles. The molecular weight excluding hydrogens is 252 g/mol. The molecule has 6 nitrogen and oxygen atoms in total. The summed E-state index contributed by atoms with van der Waals surface area (Å²) in [5, 5.41) is 7.35. The summed E-state index contributed by atoms with van der Waals surface area (Å²) in [5.41, 5.74) is 0. The van der Waals surface area contributed by atoms with E-state index in [0.29, 0.717) is 12.8 Å². The number of nitrogens with zero attached hydrogens (tertiary/aromatic N) is 1. The molecular formula is C8H14N2O4S2. The van der Waals surface area contributed by atoms with Gasteiger partial charge in [-0.15, -0.1) is 0 Å². The van der Waals surface area contributed by atoms with Gasteiger partial charge in [-0.25, -0.2) is 21.6 Å². The minimum Gasteiger partial charge on any atom is -0.229 e. The SMILES string of the molecule is CC(C#N)S(=O)(=O)NC1CCCS(=O)(=O)C1. The van der Waals surface area contributed by atoms with E-state index in [1.807, 2.05) is 0 Å². The second-order valence-electron chi connectivity index (χ2n) is 3.89. The molecule has 1 aliphatic rings. The maximum atomic E-state index is 11.5. The third-order valence-electron chi connectivity index (χ3n) is 2.44. The number of nitrogens with one attached hydrogen (secondary N) is 1. The monoisotopic (exact) mass is 266 g/mol. The summed E-state index contributed by atoms with van der Waals surface area (Å²) in [7, 11) is -6.88. The highest BCUT2D eigenvalue weighted by Gasteiger charge is 2.30. The fourth-order valence-corrected chi connectivity index (χ4v) is 4.27. The third-order valence-corrected chi connectivity index (χ3v) is 5.96. The van der Waals surface area contributed by atoms with Crippen molar-refractivity contribution in [1.82, 2.24) is 4.72 Å². The van der Waals surface area contributed by atoms with E-state index >= 15 is 0 Å². The Morgan fingerprint density at radius 2 is 2.12 bits per heavy atom. The topological polar surface area (TPSA) is 104 Å². The summed E-state index contributed by atoms with van der Waals surface area (Å²) in [4.78, 5) is 0. The Morgan fingerprint density at radius 1 is 1.50 bits per heavy atom. The van der Waals surface area contributed by atoms with Crippen LogP contribution in [0.4, 0.5) is 0 Å². The first-order valence-electron chi connectivity index (χ1n) is 4.88. The first-order chi connectivity index (χ1) is 7.27. The molecule has 1 N–H and O–H groups in total. The van der Waals surface area contributed by atoms with E-state index in [1.165, 1.54) is 6.92 Å². The molecule has 0 bridgehead atoms. The fraction of sp³-hybridized carbons (Fsp3) is 0.875. The Morgan fingerprint density at radius 3 is 2.62 bits per heavy atom. The van der Waals surface area contributed by atoms with Crippen molar-refractivity contribution >= 4 is 19.9 Å². The smallest absolute Gasteiger partial charge is 0.227 e. The van der Waals surface area contributed by atoms with Crippen LogP contribution in [0.15, 0.2) is 0 Å². The average molecular weight is 266 g/mol. The van der Waals surface area contributed by atoms with Gasteiger partial charge in [0.1, 0.15) is 0 Å². The van der Waals surface area contributed by atoms with E-state index in [9.17, 15) is 16.8 Å². The van der Waals surface area contributed by atoms with Crippen LogP contribution in [-0.4, -0.2) is 39.6 Å². The number of hydrogen-bond donors (Lipinski definition) is 1. The van der Waals surface area contributed by atoms with E-state index in [0.717, 1.165) is 0 Å². The lowest BCUT2D eigenvalue weighted by atomic mass is 10.2. The summed E-state index contributed by atoms with van der Waals surface area (Å²) < 4.78 is 47.9. The van der Waals surface area contributed by atoms with Gasteiger partial charge in [0.05, 0.1) is 17.6 Å². The van der Waals surface area contributed by atoms with Crippen molar-refractivity contribution in [2.75, 3.05) is 11.5 Å². The number of hydrogen-bond acceptors (Lipinski definition) is 5. The minimum absolute atomic E-state index is 0.110. The summed E-state index contributed by atoms with van der Waals surface area (Å²) in [6, 6.07) is 1.02. The predicted octanol–water partition coefficient (Wildman–Crippen LogP) is -0.605. The Balaban J connectivity index is 2.73. The van der Waals surface area contributed by atoms with Crippen molar-refractivity contribution in [2.24, 2.45) is 0 Å². The molecule has 0 saturated carbocycles. The van der Waals surface area contributed by atoms with Crippen LogP contribution in [0.5, 0.6) is 0 Å². The Labute approximate surface area is 95.6 Å². The van der Waals surface area contributed by atoms with Crippen molar-refractivity contribution < 1.29 is 16.8 Å². The van der Waals surface area contributed by atoms with Gasteiger partial charge < -0.3 is 0 Å². The quantitative estimate of drug-likeness (QED) is 0.734. The second kappa shape index (κ2) is 4.69. The molecule has 0 radical (unpaired) electrons. The van der Waals surface area contributed by atoms with Gasteiger partial charge in [0.2, 0.25) is 10.0 Å². The molecule has 16 heavy (non-hydrogen) atoms. The van der Waals surface area contributed by atoms with Crippen LogP contribution in [0.3, 0.4) is 0 Å². The number of nitriles is 1. The highest BCUT2D eigenvalue weighted by Crippen LogP contribution is 2.13. The maximum Gasteiger partial charge on any atom is 0.227 e. The Kier molecular flexibility index (Phi) is 3.93. The molecule has 0 aromatic heterocycles. The predicted molar refractivity (Wildman–Crippen MR) is 58.8 cm³/mol. The normalized spacial score (nSPS) is 26.9. The first kappa shape index (κ1) is 13.4. The summed E-state index contributed by atoms with van der Waals surface area (Å²) in [5.74, 6) is -0.0661. The molecule has 2 atom stereocenters. The van der Waals surface area contributed by atoms with Gasteiger partial charge in [-0.05, 0) is 19.8 Å². The third kappa shape index (κ3) is 3.43. The molecule has 1 aliphatic heterocycles. The van der Waals surface area contributed by atoms with Gasteiger partial charge in [-0.2, -0.15) is 5.26 Å². The van der Waals surface area contributed by atoms with Gasteiger partial charge in [0.15, 0.2) is 15.1 Å². The van der Waals surface area contributed by atoms with E-state index in [-0.39, 0.29) is 11.5 Å². The lowest BCUT2D eigenvalue weighted by Gasteiger charge is -2.23. The van der Waals surface area contributed by atoms with Crippen LogP contribution < -0.4 is 4.72 Å². The van der Waals surface area contributed by atoms with Gasteiger partial charge >= 0.3 is 0 Å². The van der Waals surface area contributed by atoms with Crippen LogP contribution in [0.2, 0.25) is 0 Å². The van der Waals surface area contributed by atoms with Gasteiger partial charge in [0.25, 0.3) is 0 Å². The molecule has 0 aromatic carbocycles. The largest absolute Gasteiger partial charge is 0.229 e.